The number of piperidine rings is 1. The van der Waals surface area contributed by atoms with Gasteiger partial charge < -0.3 is 9.80 Å². The predicted octanol–water partition coefficient (Wildman–Crippen LogP) is 4.43. The van der Waals surface area contributed by atoms with Crippen molar-refractivity contribution < 1.29 is 4.79 Å². The predicted molar refractivity (Wildman–Crippen MR) is 129 cm³/mol. The van der Waals surface area contributed by atoms with E-state index < -0.39 is 0 Å². The highest BCUT2D eigenvalue weighted by Crippen LogP contribution is 2.34. The lowest BCUT2D eigenvalue weighted by molar-refractivity contribution is -0.134. The number of benzene rings is 1. The van der Waals surface area contributed by atoms with E-state index in [4.69, 9.17) is 9.97 Å². The summed E-state index contributed by atoms with van der Waals surface area (Å²) in [5.74, 6) is 1.95. The highest BCUT2D eigenvalue weighted by atomic mass is 16.2. The monoisotopic (exact) mass is 441 g/mol. The average Bonchev–Trinajstić information content (AvgIpc) is 2.86. The quantitative estimate of drug-likeness (QED) is 0.586. The molecular weight excluding hydrogens is 410 g/mol. The molecule has 0 spiro atoms. The van der Waals surface area contributed by atoms with E-state index in [1.165, 1.54) is 11.1 Å². The van der Waals surface area contributed by atoms with Gasteiger partial charge in [-0.2, -0.15) is 0 Å². The summed E-state index contributed by atoms with van der Waals surface area (Å²) >= 11 is 0. The van der Waals surface area contributed by atoms with Crippen LogP contribution in [0.3, 0.4) is 0 Å². The Kier molecular flexibility index (Phi) is 6.33. The first-order valence-electron chi connectivity index (χ1n) is 12.0. The van der Waals surface area contributed by atoms with E-state index >= 15 is 0 Å². The Morgan fingerprint density at radius 1 is 1.00 bits per heavy atom. The lowest BCUT2D eigenvalue weighted by Crippen LogP contribution is -2.41. The number of carbonyl (C=O) groups is 1. The molecule has 0 saturated carbocycles. The van der Waals surface area contributed by atoms with Gasteiger partial charge in [0, 0.05) is 42.8 Å². The molecule has 1 atom stereocenters. The molecule has 3 aromatic rings. The van der Waals surface area contributed by atoms with Gasteiger partial charge in [0.25, 0.3) is 0 Å². The minimum absolute atomic E-state index is 0.0699. The molecule has 170 valence electrons. The number of likely N-dealkylation sites (tertiary alicyclic amines) is 1. The number of anilines is 1. The fourth-order valence-corrected chi connectivity index (χ4v) is 5.07. The van der Waals surface area contributed by atoms with Crippen LogP contribution in [-0.4, -0.2) is 38.8 Å². The van der Waals surface area contributed by atoms with Gasteiger partial charge in [-0.05, 0) is 56.7 Å². The molecule has 1 amide bonds. The van der Waals surface area contributed by atoms with Crippen molar-refractivity contribution in [3.05, 3.63) is 83.1 Å². The van der Waals surface area contributed by atoms with Crippen LogP contribution in [0.2, 0.25) is 0 Å². The van der Waals surface area contributed by atoms with Gasteiger partial charge in [0.1, 0.15) is 5.82 Å². The van der Waals surface area contributed by atoms with Crippen LogP contribution in [0.25, 0.3) is 0 Å². The van der Waals surface area contributed by atoms with Gasteiger partial charge in [-0.25, -0.2) is 9.97 Å². The Morgan fingerprint density at radius 2 is 1.85 bits per heavy atom. The second-order valence-electron chi connectivity index (χ2n) is 9.08. The van der Waals surface area contributed by atoms with E-state index in [-0.39, 0.29) is 11.9 Å². The number of hydrogen-bond acceptors (Lipinski definition) is 5. The molecule has 1 saturated heterocycles. The van der Waals surface area contributed by atoms with E-state index in [9.17, 15) is 4.79 Å². The molecule has 0 radical (unpaired) electrons. The van der Waals surface area contributed by atoms with Gasteiger partial charge in [0.15, 0.2) is 5.82 Å². The van der Waals surface area contributed by atoms with Crippen molar-refractivity contribution in [2.45, 2.75) is 58.0 Å². The van der Waals surface area contributed by atoms with Gasteiger partial charge in [0.2, 0.25) is 5.91 Å². The second-order valence-corrected chi connectivity index (χ2v) is 9.08. The van der Waals surface area contributed by atoms with Gasteiger partial charge in [-0.3, -0.25) is 9.78 Å². The first-order chi connectivity index (χ1) is 16.2. The van der Waals surface area contributed by atoms with Gasteiger partial charge in [-0.1, -0.05) is 36.4 Å². The van der Waals surface area contributed by atoms with Crippen molar-refractivity contribution in [3.8, 4) is 0 Å². The van der Waals surface area contributed by atoms with Crippen LogP contribution in [0.1, 0.15) is 60.1 Å². The molecule has 4 heterocycles. The molecule has 0 bridgehead atoms. The van der Waals surface area contributed by atoms with Crippen LogP contribution in [0, 0.1) is 6.92 Å². The molecular formula is C27H31N5O. The van der Waals surface area contributed by atoms with Crippen molar-refractivity contribution in [1.29, 1.82) is 0 Å². The molecule has 5 rings (SSSR count). The molecule has 33 heavy (non-hydrogen) atoms. The third-order valence-electron chi connectivity index (χ3n) is 6.76. The summed E-state index contributed by atoms with van der Waals surface area (Å²) in [6.45, 7) is 4.68. The number of aromatic nitrogens is 3. The zero-order chi connectivity index (χ0) is 22.6. The lowest BCUT2D eigenvalue weighted by Gasteiger charge is -2.37. The topological polar surface area (TPSA) is 62.2 Å². The number of aryl methyl sites for hydroxylation is 1. The Balaban J connectivity index is 1.43. The summed E-state index contributed by atoms with van der Waals surface area (Å²) in [7, 11) is 0. The van der Waals surface area contributed by atoms with Crippen molar-refractivity contribution >= 4 is 11.7 Å². The lowest BCUT2D eigenvalue weighted by atomic mass is 9.98. The molecule has 0 aliphatic carbocycles. The zero-order valence-electron chi connectivity index (χ0n) is 19.3. The normalized spacial score (nSPS) is 18.2. The Hall–Kier alpha value is -3.28. The number of fused-ring (bicyclic) bond motifs is 1. The summed E-state index contributed by atoms with van der Waals surface area (Å²) in [5.41, 5.74) is 4.40. The number of pyridine rings is 1. The Bertz CT molecular complexity index is 1100. The summed E-state index contributed by atoms with van der Waals surface area (Å²) in [6, 6.07) is 16.2. The van der Waals surface area contributed by atoms with Crippen molar-refractivity contribution in [1.82, 2.24) is 19.9 Å². The molecule has 2 aliphatic heterocycles. The minimum atomic E-state index is -0.0699. The van der Waals surface area contributed by atoms with E-state index in [2.05, 4.69) is 47.1 Å². The van der Waals surface area contributed by atoms with Crippen LogP contribution >= 0.6 is 0 Å². The van der Waals surface area contributed by atoms with E-state index in [0.717, 1.165) is 74.8 Å². The fraction of sp³-hybridized carbons (Fsp3) is 0.407. The number of amides is 1. The molecule has 6 heteroatoms. The maximum absolute atomic E-state index is 13.3. The van der Waals surface area contributed by atoms with Crippen molar-refractivity contribution in [2.24, 2.45) is 0 Å². The smallest absolute Gasteiger partial charge is 0.229 e. The average molecular weight is 442 g/mol. The van der Waals surface area contributed by atoms with Gasteiger partial charge >= 0.3 is 0 Å². The Morgan fingerprint density at radius 3 is 2.67 bits per heavy atom. The zero-order valence-corrected chi connectivity index (χ0v) is 19.3. The highest BCUT2D eigenvalue weighted by molar-refractivity contribution is 5.79. The summed E-state index contributed by atoms with van der Waals surface area (Å²) in [5, 5.41) is 0. The third-order valence-corrected chi connectivity index (χ3v) is 6.76. The van der Waals surface area contributed by atoms with Crippen LogP contribution in [0.4, 0.5) is 5.82 Å². The fourth-order valence-electron chi connectivity index (χ4n) is 5.07. The van der Waals surface area contributed by atoms with Crippen LogP contribution in [0.15, 0.2) is 54.7 Å². The third kappa shape index (κ3) is 4.75. The maximum atomic E-state index is 13.3. The Labute approximate surface area is 195 Å². The van der Waals surface area contributed by atoms with Crippen LogP contribution in [-0.2, 0) is 24.2 Å². The van der Waals surface area contributed by atoms with E-state index in [0.29, 0.717) is 6.42 Å². The maximum Gasteiger partial charge on any atom is 0.229 e. The first-order valence-corrected chi connectivity index (χ1v) is 12.0. The van der Waals surface area contributed by atoms with Gasteiger partial charge in [-0.15, -0.1) is 0 Å². The molecule has 0 unspecified atom stereocenters. The molecule has 1 aromatic carbocycles. The molecule has 6 nitrogen and oxygen atoms in total. The van der Waals surface area contributed by atoms with E-state index in [1.807, 2.05) is 23.1 Å². The second kappa shape index (κ2) is 9.69. The largest absolute Gasteiger partial charge is 0.352 e. The molecule has 1 fully saturated rings. The van der Waals surface area contributed by atoms with Gasteiger partial charge in [0.05, 0.1) is 12.5 Å². The standard InChI is InChI=1S/C27H31N5O/c1-20-23-13-9-16-31(19-21-10-3-2-4-11-21)27(23)30-26(29-20)24-14-6-8-17-32(24)25(33)18-22-12-5-7-15-28-22/h2-5,7,10-12,15,24H,6,8-9,13-14,16-19H2,1H3/t24-/m0/s1. The van der Waals surface area contributed by atoms with Crippen LogP contribution < -0.4 is 4.90 Å². The molecule has 2 aliphatic rings. The van der Waals surface area contributed by atoms with E-state index in [1.54, 1.807) is 6.20 Å². The van der Waals surface area contributed by atoms with Crippen molar-refractivity contribution in [2.75, 3.05) is 18.0 Å². The van der Waals surface area contributed by atoms with Crippen LogP contribution in [0.5, 0.6) is 0 Å². The summed E-state index contributed by atoms with van der Waals surface area (Å²) in [6.07, 6.45) is 7.21. The number of rotatable bonds is 5. The minimum Gasteiger partial charge on any atom is -0.352 e. The number of carbonyl (C=O) groups excluding carboxylic acids is 1. The summed E-state index contributed by atoms with van der Waals surface area (Å²) in [4.78, 5) is 32.0. The molecule has 0 N–H and O–H groups in total. The SMILES string of the molecule is Cc1nc([C@@H]2CCCCN2C(=O)Cc2ccccn2)nc2c1CCCN2Cc1ccccc1. The number of nitrogens with zero attached hydrogens (tertiary/aromatic N) is 5. The first kappa shape index (κ1) is 21.6. The van der Waals surface area contributed by atoms with Crippen molar-refractivity contribution in [3.63, 3.8) is 0 Å². The summed E-state index contributed by atoms with van der Waals surface area (Å²) < 4.78 is 0. The highest BCUT2D eigenvalue weighted by Gasteiger charge is 2.32. The number of hydrogen-bond donors (Lipinski definition) is 0. The molecule has 2 aromatic heterocycles.